The molecule has 6 unspecified atom stereocenters. The van der Waals surface area contributed by atoms with Gasteiger partial charge in [0.25, 0.3) is 5.52 Å². The molecule has 2 fully saturated rings. The lowest BCUT2D eigenvalue weighted by Crippen LogP contribution is -2.71. The summed E-state index contributed by atoms with van der Waals surface area (Å²) < 4.78 is 38.6. The summed E-state index contributed by atoms with van der Waals surface area (Å²) in [5.74, 6) is 4.45. The van der Waals surface area contributed by atoms with Crippen LogP contribution < -0.4 is 23.7 Å². The van der Waals surface area contributed by atoms with Crippen LogP contribution in [0.4, 0.5) is 5.69 Å². The predicted molar refractivity (Wildman–Crippen MR) is 224 cm³/mol. The Kier molecular flexibility index (Phi) is 6.82. The number of aromatic nitrogens is 1. The zero-order chi connectivity index (χ0) is 38.2. The van der Waals surface area contributed by atoms with E-state index in [4.69, 9.17) is 23.4 Å². The molecule has 7 heteroatoms. The second-order valence-corrected chi connectivity index (χ2v) is 17.3. The molecule has 286 valence electrons. The Labute approximate surface area is 336 Å². The first-order valence-corrected chi connectivity index (χ1v) is 21.0. The molecule has 2 spiro atoms. The minimum absolute atomic E-state index is 0.0403. The van der Waals surface area contributed by atoms with Crippen molar-refractivity contribution in [2.45, 2.75) is 70.0 Å². The lowest BCUT2D eigenvalue weighted by Gasteiger charge is -2.61. The molecular formula is C51H43N2O5+. The number of oxazole rings is 1. The topological polar surface area (TPSA) is 57.2 Å². The average molecular weight is 764 g/mol. The molecule has 7 nitrogen and oxygen atoms in total. The highest BCUT2D eigenvalue weighted by molar-refractivity contribution is 5.94. The summed E-state index contributed by atoms with van der Waals surface area (Å²) in [5.41, 5.74) is 5.98. The number of ether oxygens (including phenoxy) is 4. The van der Waals surface area contributed by atoms with Gasteiger partial charge in [0.05, 0.1) is 28.2 Å². The molecule has 5 heterocycles. The lowest BCUT2D eigenvalue weighted by molar-refractivity contribution is -0.704. The molecule has 1 aromatic heterocycles. The van der Waals surface area contributed by atoms with Crippen molar-refractivity contribution in [1.29, 1.82) is 0 Å². The number of hydrogen-bond donors (Lipinski definition) is 0. The summed E-state index contributed by atoms with van der Waals surface area (Å²) in [7, 11) is 0. The number of fused-ring (bicyclic) bond motifs is 13. The van der Waals surface area contributed by atoms with Gasteiger partial charge in [0.1, 0.15) is 29.8 Å². The summed E-state index contributed by atoms with van der Waals surface area (Å²) >= 11 is 0. The van der Waals surface area contributed by atoms with Gasteiger partial charge in [-0.25, -0.2) is 0 Å². The number of hydrogen-bond acceptors (Lipinski definition) is 6. The fourth-order valence-electron chi connectivity index (χ4n) is 11.4. The molecule has 2 saturated carbocycles. The zero-order valence-corrected chi connectivity index (χ0v) is 32.4. The highest BCUT2D eigenvalue weighted by Gasteiger charge is 2.70. The van der Waals surface area contributed by atoms with E-state index in [0.29, 0.717) is 0 Å². The smallest absolute Gasteiger partial charge is 0.380 e. The maximum atomic E-state index is 7.94. The fraction of sp³-hybridized carbons (Fsp3) is 0.275. The summed E-state index contributed by atoms with van der Waals surface area (Å²) in [6.07, 6.45) is 4.10. The van der Waals surface area contributed by atoms with Gasteiger partial charge in [-0.05, 0) is 102 Å². The minimum atomic E-state index is -0.322. The Morgan fingerprint density at radius 2 is 1.26 bits per heavy atom. The van der Waals surface area contributed by atoms with Gasteiger partial charge >= 0.3 is 5.89 Å². The SMILES string of the molecule is CCC1=C2c3oc4cc5ccccc5cc4[n+]3CC3(CCC3Oc3ccccc3)C2OC2C1=C1Oc3cc4ccccc4cc3N1CC21CCC1Oc1ccccc1. The number of nitrogens with zero attached hydrogens (tertiary/aromatic N) is 2. The quantitative estimate of drug-likeness (QED) is 0.163. The molecule has 58 heavy (non-hydrogen) atoms. The maximum Gasteiger partial charge on any atom is 0.380 e. The van der Waals surface area contributed by atoms with E-state index in [1.165, 1.54) is 27.1 Å². The molecule has 7 aromatic rings. The second-order valence-electron chi connectivity index (χ2n) is 17.3. The van der Waals surface area contributed by atoms with Crippen LogP contribution >= 0.6 is 0 Å². The number of para-hydroxylation sites is 2. The predicted octanol–water partition coefficient (Wildman–Crippen LogP) is 10.6. The van der Waals surface area contributed by atoms with E-state index in [-0.39, 0.29) is 35.2 Å². The molecule has 2 aliphatic carbocycles. The Bertz CT molecular complexity index is 2900. The van der Waals surface area contributed by atoms with Gasteiger partial charge in [-0.3, -0.25) is 0 Å². The van der Waals surface area contributed by atoms with Crippen molar-refractivity contribution < 1.29 is 27.9 Å². The van der Waals surface area contributed by atoms with Crippen LogP contribution in [0.15, 0.2) is 155 Å². The highest BCUT2D eigenvalue weighted by Crippen LogP contribution is 2.64. The molecule has 6 aromatic carbocycles. The Hall–Kier alpha value is -6.05. The molecule has 4 aliphatic heterocycles. The number of rotatable bonds is 5. The lowest BCUT2D eigenvalue weighted by atomic mass is 9.54. The van der Waals surface area contributed by atoms with Crippen LogP contribution in [0.5, 0.6) is 17.2 Å². The zero-order valence-electron chi connectivity index (χ0n) is 32.4. The van der Waals surface area contributed by atoms with E-state index in [1.807, 2.05) is 12.1 Å². The summed E-state index contributed by atoms with van der Waals surface area (Å²) in [4.78, 5) is 2.44. The highest BCUT2D eigenvalue weighted by atomic mass is 16.5. The molecule has 0 radical (unpaired) electrons. The summed E-state index contributed by atoms with van der Waals surface area (Å²) in [6.45, 7) is 3.77. The third-order valence-corrected chi connectivity index (χ3v) is 14.4. The second kappa shape index (κ2) is 12.0. The van der Waals surface area contributed by atoms with Crippen molar-refractivity contribution in [1.82, 2.24) is 0 Å². The van der Waals surface area contributed by atoms with Gasteiger partial charge < -0.3 is 28.3 Å². The van der Waals surface area contributed by atoms with E-state index >= 15 is 0 Å². The monoisotopic (exact) mass is 763 g/mol. The van der Waals surface area contributed by atoms with Gasteiger partial charge in [0.2, 0.25) is 11.5 Å². The Morgan fingerprint density at radius 1 is 0.672 bits per heavy atom. The van der Waals surface area contributed by atoms with Crippen molar-refractivity contribution in [3.05, 3.63) is 156 Å². The van der Waals surface area contributed by atoms with Gasteiger partial charge in [-0.2, -0.15) is 4.57 Å². The van der Waals surface area contributed by atoms with Crippen LogP contribution in [0.1, 0.15) is 44.9 Å². The van der Waals surface area contributed by atoms with E-state index in [0.717, 1.165) is 102 Å². The molecule has 0 saturated heterocycles. The van der Waals surface area contributed by atoms with Gasteiger partial charge in [0.15, 0.2) is 12.3 Å². The van der Waals surface area contributed by atoms with E-state index < -0.39 is 0 Å². The number of benzene rings is 6. The van der Waals surface area contributed by atoms with Gasteiger partial charge in [-0.1, -0.05) is 91.9 Å². The molecule has 6 atom stereocenters. The van der Waals surface area contributed by atoms with Crippen LogP contribution in [0.25, 0.3) is 38.2 Å². The van der Waals surface area contributed by atoms with E-state index in [2.05, 4.69) is 138 Å². The standard InChI is InChI=1S/C51H43N2O5/c1-2-37-44-46(50(23-21-42(50)54-35-17-5-3-6-18-35)29-52-38-25-31-13-9-11-15-33(31)27-40(38)56-48(44)52)58-47-45(37)49-53(39-26-32-14-10-12-16-34(32)28-41(39)57-49)30-51(47)24-22-43(51)55-36-19-7-4-8-20-36/h3-20,25-28,42-43,46-47H,2,21-24,29-30H2,1H3/q+1. The molecule has 0 N–H and O–H groups in total. The van der Waals surface area contributed by atoms with Crippen molar-refractivity contribution >= 4 is 43.9 Å². The van der Waals surface area contributed by atoms with Crippen molar-refractivity contribution in [2.75, 3.05) is 11.4 Å². The third-order valence-electron chi connectivity index (χ3n) is 14.4. The minimum Gasteiger partial charge on any atom is -0.490 e. The van der Waals surface area contributed by atoms with Crippen molar-refractivity contribution in [3.8, 4) is 17.2 Å². The number of anilines is 1. The normalized spacial score (nSPS) is 27.8. The van der Waals surface area contributed by atoms with Crippen molar-refractivity contribution in [2.24, 2.45) is 10.8 Å². The van der Waals surface area contributed by atoms with E-state index in [1.54, 1.807) is 0 Å². The maximum absolute atomic E-state index is 7.94. The van der Waals surface area contributed by atoms with Crippen LogP contribution in [-0.4, -0.2) is 31.0 Å². The molecule has 0 amide bonds. The first-order chi connectivity index (χ1) is 28.6. The van der Waals surface area contributed by atoms with Gasteiger partial charge in [0, 0.05) is 18.2 Å². The first-order valence-electron chi connectivity index (χ1n) is 21.0. The first kappa shape index (κ1) is 33.0. The van der Waals surface area contributed by atoms with Crippen LogP contribution in [0, 0.1) is 10.8 Å². The summed E-state index contributed by atoms with van der Waals surface area (Å²) in [6, 6.07) is 46.8. The molecule has 6 aliphatic rings. The summed E-state index contributed by atoms with van der Waals surface area (Å²) in [5, 5.41) is 4.73. The molecule has 13 rings (SSSR count). The molecular weight excluding hydrogens is 721 g/mol. The largest absolute Gasteiger partial charge is 0.490 e. The Balaban J connectivity index is 1.06. The Morgan fingerprint density at radius 3 is 1.90 bits per heavy atom. The molecule has 0 bridgehead atoms. The van der Waals surface area contributed by atoms with Crippen LogP contribution in [0.2, 0.25) is 0 Å². The van der Waals surface area contributed by atoms with Crippen LogP contribution in [0.3, 0.4) is 0 Å². The third kappa shape index (κ3) is 4.45. The average Bonchev–Trinajstić information content (AvgIpc) is 3.80. The van der Waals surface area contributed by atoms with Crippen LogP contribution in [-0.2, 0) is 11.3 Å². The van der Waals surface area contributed by atoms with E-state index in [9.17, 15) is 0 Å². The fourth-order valence-corrected chi connectivity index (χ4v) is 11.4. The van der Waals surface area contributed by atoms with Gasteiger partial charge in [-0.15, -0.1) is 0 Å². The van der Waals surface area contributed by atoms with Crippen molar-refractivity contribution in [3.63, 3.8) is 0 Å².